The van der Waals surface area contributed by atoms with E-state index in [4.69, 9.17) is 18.1 Å². The molecule has 4 rings (SSSR count). The van der Waals surface area contributed by atoms with Crippen molar-refractivity contribution in [2.45, 2.75) is 0 Å². The van der Waals surface area contributed by atoms with Crippen molar-refractivity contribution in [2.75, 3.05) is 12.3 Å². The largest absolute Gasteiger partial charge is 0.439 e. The van der Waals surface area contributed by atoms with Gasteiger partial charge in [-0.1, -0.05) is 72.8 Å². The fourth-order valence-corrected chi connectivity index (χ4v) is 5.95. The molecule has 0 N–H and O–H groups in total. The van der Waals surface area contributed by atoms with Gasteiger partial charge in [0.1, 0.15) is 23.0 Å². The van der Waals surface area contributed by atoms with E-state index in [-0.39, 0.29) is 0 Å². The summed E-state index contributed by atoms with van der Waals surface area (Å²) >= 11 is 0. The second-order valence-corrected chi connectivity index (χ2v) is 9.69. The molecule has 0 aliphatic heterocycles. The molecule has 0 bridgehead atoms. The number of rotatable bonds is 11. The fourth-order valence-electron chi connectivity index (χ4n) is 2.78. The highest BCUT2D eigenvalue weighted by Gasteiger charge is 2.22. The molecule has 4 aromatic carbocycles. The third-order valence-corrected chi connectivity index (χ3v) is 7.45. The van der Waals surface area contributed by atoms with Crippen LogP contribution in [-0.2, 0) is 0 Å². The van der Waals surface area contributed by atoms with Crippen LogP contribution < -0.4 is 18.1 Å². The summed E-state index contributed by atoms with van der Waals surface area (Å²) in [5.41, 5.74) is 0. The van der Waals surface area contributed by atoms with E-state index < -0.39 is 16.8 Å². The molecule has 32 heavy (non-hydrogen) atoms. The van der Waals surface area contributed by atoms with Gasteiger partial charge in [-0.3, -0.25) is 0 Å². The van der Waals surface area contributed by atoms with Gasteiger partial charge in [0.15, 0.2) is 0 Å². The van der Waals surface area contributed by atoms with Crippen LogP contribution in [-0.4, -0.2) is 12.3 Å². The molecule has 4 nitrogen and oxygen atoms in total. The molecule has 0 radical (unpaired) electrons. The number of benzene rings is 4. The zero-order chi connectivity index (χ0) is 21.8. The highest BCUT2D eigenvalue weighted by Crippen LogP contribution is 2.46. The highest BCUT2D eigenvalue weighted by molar-refractivity contribution is 7.52. The summed E-state index contributed by atoms with van der Waals surface area (Å²) in [6.07, 6.45) is 1.31. The Morgan fingerprint density at radius 1 is 0.344 bits per heavy atom. The molecule has 6 heteroatoms. The first-order chi connectivity index (χ1) is 15.8. The average Bonchev–Trinajstić information content (AvgIpc) is 2.85. The molecule has 0 saturated carbocycles. The van der Waals surface area contributed by atoms with Gasteiger partial charge >= 0.3 is 0 Å². The van der Waals surface area contributed by atoms with Gasteiger partial charge in [-0.05, 0) is 48.5 Å². The SMILES string of the molecule is c1ccc(OP(CCP(Oc2ccccc2)Oc2ccccc2)Oc2ccccc2)cc1. The van der Waals surface area contributed by atoms with Crippen LogP contribution in [0.2, 0.25) is 0 Å². The lowest BCUT2D eigenvalue weighted by Crippen LogP contribution is -2.07. The minimum atomic E-state index is -1.24. The molecule has 0 fully saturated rings. The smallest absolute Gasteiger partial charge is 0.290 e. The maximum atomic E-state index is 6.21. The van der Waals surface area contributed by atoms with Gasteiger partial charge in [-0.15, -0.1) is 0 Å². The van der Waals surface area contributed by atoms with Crippen LogP contribution in [0.3, 0.4) is 0 Å². The Balaban J connectivity index is 1.47. The monoisotopic (exact) mass is 462 g/mol. The van der Waals surface area contributed by atoms with Crippen molar-refractivity contribution in [2.24, 2.45) is 0 Å². The van der Waals surface area contributed by atoms with E-state index in [1.54, 1.807) is 0 Å². The van der Waals surface area contributed by atoms with Crippen molar-refractivity contribution in [3.05, 3.63) is 121 Å². The van der Waals surface area contributed by atoms with Gasteiger partial charge in [0.2, 0.25) is 0 Å². The van der Waals surface area contributed by atoms with Gasteiger partial charge in [0.25, 0.3) is 16.8 Å². The van der Waals surface area contributed by atoms with Crippen molar-refractivity contribution < 1.29 is 18.1 Å². The van der Waals surface area contributed by atoms with Crippen molar-refractivity contribution in [1.82, 2.24) is 0 Å². The van der Waals surface area contributed by atoms with Gasteiger partial charge < -0.3 is 18.1 Å². The minimum absolute atomic E-state index is 0.657. The predicted octanol–water partition coefficient (Wildman–Crippen LogP) is 7.93. The van der Waals surface area contributed by atoms with Gasteiger partial charge in [-0.25, -0.2) is 0 Å². The summed E-state index contributed by atoms with van der Waals surface area (Å²) in [6.45, 7) is 0. The molecule has 0 unspecified atom stereocenters. The molecule has 0 aliphatic carbocycles. The first kappa shape index (κ1) is 22.1. The Hall–Kier alpha value is -3.06. The number of hydrogen-bond acceptors (Lipinski definition) is 4. The Kier molecular flexibility index (Phi) is 8.37. The molecular weight excluding hydrogens is 438 g/mol. The van der Waals surface area contributed by atoms with Gasteiger partial charge in [0.05, 0.1) is 12.3 Å². The lowest BCUT2D eigenvalue weighted by molar-refractivity contribution is 0.479. The zero-order valence-electron chi connectivity index (χ0n) is 17.5. The lowest BCUT2D eigenvalue weighted by atomic mass is 10.3. The Bertz CT molecular complexity index is 864. The molecular formula is C26H24O4P2. The summed E-state index contributed by atoms with van der Waals surface area (Å²) in [5.74, 6) is 3.14. The molecule has 0 aromatic heterocycles. The van der Waals surface area contributed by atoms with E-state index in [2.05, 4.69) is 0 Å². The predicted molar refractivity (Wildman–Crippen MR) is 132 cm³/mol. The molecule has 0 atom stereocenters. The quantitative estimate of drug-likeness (QED) is 0.212. The molecule has 4 aromatic rings. The number of para-hydroxylation sites is 4. The fraction of sp³-hybridized carbons (Fsp3) is 0.0769. The van der Waals surface area contributed by atoms with E-state index in [1.807, 2.05) is 121 Å². The van der Waals surface area contributed by atoms with E-state index in [0.29, 0.717) is 12.3 Å². The van der Waals surface area contributed by atoms with E-state index in [0.717, 1.165) is 23.0 Å². The lowest BCUT2D eigenvalue weighted by Gasteiger charge is -2.22. The summed E-state index contributed by atoms with van der Waals surface area (Å²) in [6, 6.07) is 39.0. The summed E-state index contributed by atoms with van der Waals surface area (Å²) < 4.78 is 24.8. The van der Waals surface area contributed by atoms with Gasteiger partial charge in [-0.2, -0.15) is 0 Å². The molecule has 0 saturated heterocycles. The molecule has 0 heterocycles. The van der Waals surface area contributed by atoms with Crippen LogP contribution in [0, 0.1) is 0 Å². The molecule has 0 aliphatic rings. The first-order valence-electron chi connectivity index (χ1n) is 10.3. The number of hydrogen-bond donors (Lipinski definition) is 0. The van der Waals surface area contributed by atoms with Crippen LogP contribution in [0.5, 0.6) is 23.0 Å². The first-order valence-corrected chi connectivity index (χ1v) is 13.0. The Labute approximate surface area is 191 Å². The maximum Gasteiger partial charge on any atom is 0.290 e. The van der Waals surface area contributed by atoms with Crippen LogP contribution in [0.4, 0.5) is 0 Å². The normalized spacial score (nSPS) is 10.7. The topological polar surface area (TPSA) is 36.9 Å². The Morgan fingerprint density at radius 3 is 0.781 bits per heavy atom. The third-order valence-electron chi connectivity index (χ3n) is 4.27. The van der Waals surface area contributed by atoms with Crippen LogP contribution in [0.15, 0.2) is 121 Å². The summed E-state index contributed by atoms with van der Waals surface area (Å²) in [7, 11) is -2.48. The maximum absolute atomic E-state index is 6.21. The van der Waals surface area contributed by atoms with Crippen molar-refractivity contribution in [3.63, 3.8) is 0 Å². The molecule has 162 valence electrons. The third kappa shape index (κ3) is 7.27. The van der Waals surface area contributed by atoms with E-state index >= 15 is 0 Å². The standard InChI is InChI=1S/C26H24O4P2/c1-5-13-23(14-6-1)27-31(28-24-15-7-2-8-16-24)21-22-32(29-25-17-9-3-10-18-25)30-26-19-11-4-12-20-26/h1-20H,21-22H2. The van der Waals surface area contributed by atoms with Crippen LogP contribution >= 0.6 is 16.8 Å². The van der Waals surface area contributed by atoms with Crippen molar-refractivity contribution in [3.8, 4) is 23.0 Å². The zero-order valence-corrected chi connectivity index (χ0v) is 19.3. The summed E-state index contributed by atoms with van der Waals surface area (Å²) in [4.78, 5) is 0. The minimum Gasteiger partial charge on any atom is -0.439 e. The van der Waals surface area contributed by atoms with Crippen molar-refractivity contribution >= 4 is 16.8 Å². The second kappa shape index (κ2) is 12.1. The molecule has 0 amide bonds. The van der Waals surface area contributed by atoms with E-state index in [1.165, 1.54) is 0 Å². The summed E-state index contributed by atoms with van der Waals surface area (Å²) in [5, 5.41) is 0. The van der Waals surface area contributed by atoms with Crippen LogP contribution in [0.1, 0.15) is 0 Å². The highest BCUT2D eigenvalue weighted by atomic mass is 31.2. The average molecular weight is 462 g/mol. The van der Waals surface area contributed by atoms with Crippen LogP contribution in [0.25, 0.3) is 0 Å². The van der Waals surface area contributed by atoms with E-state index in [9.17, 15) is 0 Å². The van der Waals surface area contributed by atoms with Crippen molar-refractivity contribution in [1.29, 1.82) is 0 Å². The van der Waals surface area contributed by atoms with Gasteiger partial charge in [0, 0.05) is 0 Å². The second-order valence-electron chi connectivity index (χ2n) is 6.73. The molecule has 0 spiro atoms. The Morgan fingerprint density at radius 2 is 0.562 bits per heavy atom.